The van der Waals surface area contributed by atoms with Gasteiger partial charge in [0, 0.05) is 12.6 Å². The van der Waals surface area contributed by atoms with E-state index in [1.165, 1.54) is 6.07 Å². The maximum atomic E-state index is 13.2. The molecule has 0 aromatic heterocycles. The molecule has 0 saturated heterocycles. The Morgan fingerprint density at radius 1 is 1.25 bits per heavy atom. The van der Waals surface area contributed by atoms with Gasteiger partial charge in [-0.05, 0) is 38.4 Å². The maximum Gasteiger partial charge on any atom is 0.146 e. The molecule has 1 unspecified atom stereocenters. The molecule has 2 nitrogen and oxygen atoms in total. The topological polar surface area (TPSA) is 24.1 Å². The third kappa shape index (κ3) is 4.62. The quantitative estimate of drug-likeness (QED) is 0.696. The van der Waals surface area contributed by atoms with E-state index in [0.29, 0.717) is 11.7 Å². The summed E-state index contributed by atoms with van der Waals surface area (Å²) in [5.74, 6) is -0.183. The lowest BCUT2D eigenvalue weighted by atomic mass is 10.2. The lowest BCUT2D eigenvalue weighted by Gasteiger charge is -2.11. The van der Waals surface area contributed by atoms with E-state index < -0.39 is 0 Å². The molecule has 1 aromatic rings. The van der Waals surface area contributed by atoms with Crippen molar-refractivity contribution in [2.75, 3.05) is 18.4 Å². The van der Waals surface area contributed by atoms with E-state index >= 15 is 0 Å². The molecule has 0 amide bonds. The van der Waals surface area contributed by atoms with Gasteiger partial charge >= 0.3 is 0 Å². The van der Waals surface area contributed by atoms with Crippen molar-refractivity contribution in [1.29, 1.82) is 0 Å². The molecule has 0 heterocycles. The number of para-hydroxylation sites is 1. The van der Waals surface area contributed by atoms with Gasteiger partial charge in [0.25, 0.3) is 0 Å². The van der Waals surface area contributed by atoms with E-state index in [9.17, 15) is 4.39 Å². The minimum Gasteiger partial charge on any atom is -0.383 e. The molecule has 1 aromatic carbocycles. The normalized spacial score (nSPS) is 12.4. The first kappa shape index (κ1) is 13.0. The Morgan fingerprint density at radius 3 is 2.69 bits per heavy atom. The molecular formula is C13H21FN2. The van der Waals surface area contributed by atoms with E-state index in [2.05, 4.69) is 24.5 Å². The van der Waals surface area contributed by atoms with Crippen molar-refractivity contribution < 1.29 is 4.39 Å². The molecule has 1 rings (SSSR count). The third-order valence-corrected chi connectivity index (χ3v) is 2.65. The van der Waals surface area contributed by atoms with Gasteiger partial charge in [0.1, 0.15) is 5.82 Å². The van der Waals surface area contributed by atoms with Crippen molar-refractivity contribution in [3.63, 3.8) is 0 Å². The zero-order valence-corrected chi connectivity index (χ0v) is 10.1. The van der Waals surface area contributed by atoms with Crippen LogP contribution in [0, 0.1) is 5.82 Å². The molecule has 0 spiro atoms. The van der Waals surface area contributed by atoms with Crippen LogP contribution in [0.4, 0.5) is 10.1 Å². The monoisotopic (exact) mass is 224 g/mol. The second-order valence-electron chi connectivity index (χ2n) is 4.02. The molecule has 0 aliphatic carbocycles. The van der Waals surface area contributed by atoms with Gasteiger partial charge in [-0.25, -0.2) is 4.39 Å². The zero-order chi connectivity index (χ0) is 11.8. The SMILES string of the molecule is CCC(C)NCCCNc1ccccc1F. The minimum absolute atomic E-state index is 0.183. The Kier molecular flexibility index (Phi) is 5.86. The largest absolute Gasteiger partial charge is 0.383 e. The summed E-state index contributed by atoms with van der Waals surface area (Å²) in [5.41, 5.74) is 0.589. The Hall–Kier alpha value is -1.09. The van der Waals surface area contributed by atoms with Crippen LogP contribution in [-0.4, -0.2) is 19.1 Å². The van der Waals surface area contributed by atoms with Crippen molar-refractivity contribution in [2.45, 2.75) is 32.7 Å². The average Bonchev–Trinajstić information content (AvgIpc) is 2.30. The molecule has 90 valence electrons. The Balaban J connectivity index is 2.14. The van der Waals surface area contributed by atoms with Crippen LogP contribution in [0.3, 0.4) is 0 Å². The van der Waals surface area contributed by atoms with Crippen LogP contribution in [0.2, 0.25) is 0 Å². The number of benzene rings is 1. The first-order valence-corrected chi connectivity index (χ1v) is 5.95. The molecule has 3 heteroatoms. The summed E-state index contributed by atoms with van der Waals surface area (Å²) in [6, 6.07) is 7.33. The Morgan fingerprint density at radius 2 is 2.00 bits per heavy atom. The highest BCUT2D eigenvalue weighted by Gasteiger charge is 1.99. The summed E-state index contributed by atoms with van der Waals surface area (Å²) in [6.45, 7) is 6.10. The highest BCUT2D eigenvalue weighted by atomic mass is 19.1. The fourth-order valence-electron chi connectivity index (χ4n) is 1.41. The summed E-state index contributed by atoms with van der Waals surface area (Å²) in [7, 11) is 0. The fourth-order valence-corrected chi connectivity index (χ4v) is 1.41. The predicted octanol–water partition coefficient (Wildman–Crippen LogP) is 3.02. The maximum absolute atomic E-state index is 13.2. The van der Waals surface area contributed by atoms with Gasteiger partial charge < -0.3 is 10.6 Å². The summed E-state index contributed by atoms with van der Waals surface area (Å²) < 4.78 is 13.2. The van der Waals surface area contributed by atoms with Gasteiger partial charge in [0.05, 0.1) is 5.69 Å². The average molecular weight is 224 g/mol. The highest BCUT2D eigenvalue weighted by Crippen LogP contribution is 2.11. The third-order valence-electron chi connectivity index (χ3n) is 2.65. The Labute approximate surface area is 97.3 Å². The van der Waals surface area contributed by atoms with Crippen LogP contribution >= 0.6 is 0 Å². The fraction of sp³-hybridized carbons (Fsp3) is 0.538. The lowest BCUT2D eigenvalue weighted by Crippen LogP contribution is -2.27. The van der Waals surface area contributed by atoms with Crippen molar-refractivity contribution in [1.82, 2.24) is 5.32 Å². The van der Waals surface area contributed by atoms with Crippen LogP contribution in [-0.2, 0) is 0 Å². The summed E-state index contributed by atoms with van der Waals surface area (Å²) in [5, 5.41) is 6.49. The smallest absolute Gasteiger partial charge is 0.146 e. The summed E-state index contributed by atoms with van der Waals surface area (Å²) >= 11 is 0. The number of halogens is 1. The molecule has 0 bridgehead atoms. The lowest BCUT2D eigenvalue weighted by molar-refractivity contribution is 0.529. The van der Waals surface area contributed by atoms with Gasteiger partial charge in [0.15, 0.2) is 0 Å². The molecule has 16 heavy (non-hydrogen) atoms. The molecule has 0 radical (unpaired) electrons. The van der Waals surface area contributed by atoms with Gasteiger partial charge in [0.2, 0.25) is 0 Å². The van der Waals surface area contributed by atoms with Crippen molar-refractivity contribution in [2.24, 2.45) is 0 Å². The molecule has 0 saturated carbocycles. The van der Waals surface area contributed by atoms with Crippen LogP contribution in [0.25, 0.3) is 0 Å². The molecule has 0 aliphatic rings. The van der Waals surface area contributed by atoms with Crippen LogP contribution in [0.1, 0.15) is 26.7 Å². The van der Waals surface area contributed by atoms with E-state index in [1.54, 1.807) is 12.1 Å². The number of anilines is 1. The number of nitrogens with one attached hydrogen (secondary N) is 2. The summed E-state index contributed by atoms with van der Waals surface area (Å²) in [4.78, 5) is 0. The van der Waals surface area contributed by atoms with E-state index in [1.807, 2.05) is 6.07 Å². The van der Waals surface area contributed by atoms with Crippen molar-refractivity contribution in [3.05, 3.63) is 30.1 Å². The molecule has 0 aliphatic heterocycles. The van der Waals surface area contributed by atoms with Crippen molar-refractivity contribution >= 4 is 5.69 Å². The standard InChI is InChI=1S/C13H21FN2/c1-3-11(2)15-9-6-10-16-13-8-5-4-7-12(13)14/h4-5,7-8,11,15-16H,3,6,9-10H2,1-2H3. The van der Waals surface area contributed by atoms with Gasteiger partial charge in [-0.1, -0.05) is 19.1 Å². The number of hydrogen-bond donors (Lipinski definition) is 2. The second kappa shape index (κ2) is 7.23. The van der Waals surface area contributed by atoms with E-state index in [-0.39, 0.29) is 5.82 Å². The van der Waals surface area contributed by atoms with Crippen LogP contribution in [0.15, 0.2) is 24.3 Å². The molecular weight excluding hydrogens is 203 g/mol. The first-order chi connectivity index (χ1) is 7.74. The number of rotatable bonds is 7. The van der Waals surface area contributed by atoms with Gasteiger partial charge in [-0.2, -0.15) is 0 Å². The van der Waals surface area contributed by atoms with Crippen LogP contribution < -0.4 is 10.6 Å². The van der Waals surface area contributed by atoms with E-state index in [0.717, 1.165) is 25.9 Å². The van der Waals surface area contributed by atoms with Gasteiger partial charge in [-0.15, -0.1) is 0 Å². The molecule has 2 N–H and O–H groups in total. The second-order valence-corrected chi connectivity index (χ2v) is 4.02. The minimum atomic E-state index is -0.183. The predicted molar refractivity (Wildman–Crippen MR) is 67.3 cm³/mol. The number of hydrogen-bond acceptors (Lipinski definition) is 2. The van der Waals surface area contributed by atoms with Crippen LogP contribution in [0.5, 0.6) is 0 Å². The highest BCUT2D eigenvalue weighted by molar-refractivity contribution is 5.44. The zero-order valence-electron chi connectivity index (χ0n) is 10.1. The summed E-state index contributed by atoms with van der Waals surface area (Å²) in [6.07, 6.45) is 2.14. The first-order valence-electron chi connectivity index (χ1n) is 5.95. The van der Waals surface area contributed by atoms with Crippen molar-refractivity contribution in [3.8, 4) is 0 Å². The van der Waals surface area contributed by atoms with E-state index in [4.69, 9.17) is 0 Å². The Bertz CT molecular complexity index is 302. The molecule has 0 fully saturated rings. The van der Waals surface area contributed by atoms with Gasteiger partial charge in [-0.3, -0.25) is 0 Å². The molecule has 1 atom stereocenters.